The summed E-state index contributed by atoms with van der Waals surface area (Å²) in [7, 11) is 1.92. The van der Waals surface area contributed by atoms with Gasteiger partial charge in [-0.1, -0.05) is 30.3 Å². The van der Waals surface area contributed by atoms with Crippen LogP contribution in [0.15, 0.2) is 47.5 Å². The van der Waals surface area contributed by atoms with Crippen molar-refractivity contribution in [1.29, 1.82) is 0 Å². The molecule has 1 N–H and O–H groups in total. The highest BCUT2D eigenvalue weighted by Crippen LogP contribution is 2.40. The molecule has 0 bridgehead atoms. The van der Waals surface area contributed by atoms with Crippen LogP contribution in [0.5, 0.6) is 0 Å². The molecule has 8 heteroatoms. The first-order valence-electron chi connectivity index (χ1n) is 9.58. The Kier molecular flexibility index (Phi) is 4.85. The zero-order chi connectivity index (χ0) is 19.7. The molecule has 8 nitrogen and oxygen atoms in total. The second kappa shape index (κ2) is 7.46. The van der Waals surface area contributed by atoms with Crippen molar-refractivity contribution >= 4 is 5.91 Å². The second-order valence-corrected chi connectivity index (χ2v) is 7.15. The lowest BCUT2D eigenvalue weighted by Crippen LogP contribution is -2.37. The third-order valence-corrected chi connectivity index (χ3v) is 5.11. The van der Waals surface area contributed by atoms with E-state index in [9.17, 15) is 9.59 Å². The number of nitrogens with zero attached hydrogens (tertiary/aromatic N) is 5. The molecule has 2 aromatic heterocycles. The molecule has 1 saturated carbocycles. The highest BCUT2D eigenvalue weighted by molar-refractivity contribution is 5.76. The Bertz CT molecular complexity index is 1030. The number of hydrogen-bond donors (Lipinski definition) is 1. The minimum Gasteiger partial charge on any atom is -0.344 e. The lowest BCUT2D eigenvalue weighted by atomic mass is 10.1. The smallest absolute Gasteiger partial charge is 0.344 e. The van der Waals surface area contributed by atoms with Crippen molar-refractivity contribution in [2.45, 2.75) is 38.9 Å². The molecule has 1 atom stereocenters. The number of nitrogens with one attached hydrogen (secondary N) is 1. The third-order valence-electron chi connectivity index (χ3n) is 5.11. The third kappa shape index (κ3) is 3.49. The summed E-state index contributed by atoms with van der Waals surface area (Å²) in [6, 6.07) is 9.39. The number of hydrogen-bond acceptors (Lipinski definition) is 4. The first-order chi connectivity index (χ1) is 13.6. The van der Waals surface area contributed by atoms with Crippen molar-refractivity contribution in [3.05, 3.63) is 59.0 Å². The van der Waals surface area contributed by atoms with Crippen LogP contribution in [0.2, 0.25) is 0 Å². The molecular weight excluding hydrogens is 356 g/mol. The van der Waals surface area contributed by atoms with E-state index in [1.807, 2.05) is 55.1 Å². The van der Waals surface area contributed by atoms with Crippen LogP contribution in [-0.4, -0.2) is 29.8 Å². The van der Waals surface area contributed by atoms with Gasteiger partial charge in [0.25, 0.3) is 0 Å². The Labute approximate surface area is 162 Å². The molecule has 2 heterocycles. The number of carbonyl (C=O) groups is 1. The number of rotatable bonds is 7. The van der Waals surface area contributed by atoms with Crippen molar-refractivity contribution in [1.82, 2.24) is 29.2 Å². The Morgan fingerprint density at radius 3 is 2.64 bits per heavy atom. The summed E-state index contributed by atoms with van der Waals surface area (Å²) >= 11 is 0. The molecule has 1 aliphatic rings. The van der Waals surface area contributed by atoms with Crippen LogP contribution < -0.4 is 11.0 Å². The van der Waals surface area contributed by atoms with Crippen molar-refractivity contribution < 1.29 is 4.79 Å². The Balaban J connectivity index is 1.55. The van der Waals surface area contributed by atoms with Gasteiger partial charge in [-0.25, -0.2) is 14.5 Å². The predicted octanol–water partition coefficient (Wildman–Crippen LogP) is 1.73. The van der Waals surface area contributed by atoms with Crippen LogP contribution in [0.25, 0.3) is 11.4 Å². The van der Waals surface area contributed by atoms with E-state index in [2.05, 4.69) is 15.4 Å². The maximum Gasteiger partial charge on any atom is 0.346 e. The van der Waals surface area contributed by atoms with E-state index in [4.69, 9.17) is 0 Å². The quantitative estimate of drug-likeness (QED) is 0.676. The van der Waals surface area contributed by atoms with Gasteiger partial charge in [-0.15, -0.1) is 5.10 Å². The fourth-order valence-electron chi connectivity index (χ4n) is 3.48. The van der Waals surface area contributed by atoms with E-state index < -0.39 is 0 Å². The summed E-state index contributed by atoms with van der Waals surface area (Å²) in [4.78, 5) is 29.8. The van der Waals surface area contributed by atoms with Crippen LogP contribution in [0.1, 0.15) is 31.6 Å². The largest absolute Gasteiger partial charge is 0.346 e. The van der Waals surface area contributed by atoms with Gasteiger partial charge in [-0.05, 0) is 25.7 Å². The molecule has 1 aromatic carbocycles. The van der Waals surface area contributed by atoms with Gasteiger partial charge in [0.2, 0.25) is 5.91 Å². The van der Waals surface area contributed by atoms with E-state index in [1.54, 1.807) is 10.8 Å². The minimum atomic E-state index is -0.281. The maximum atomic E-state index is 12.7. The van der Waals surface area contributed by atoms with Gasteiger partial charge in [0.1, 0.15) is 12.4 Å². The first kappa shape index (κ1) is 18.2. The minimum absolute atomic E-state index is 0.112. The lowest BCUT2D eigenvalue weighted by Gasteiger charge is -2.17. The second-order valence-electron chi connectivity index (χ2n) is 7.15. The van der Waals surface area contributed by atoms with Gasteiger partial charge >= 0.3 is 5.69 Å². The van der Waals surface area contributed by atoms with Crippen molar-refractivity contribution in [3.63, 3.8) is 0 Å². The summed E-state index contributed by atoms with van der Waals surface area (Å²) in [6.45, 7) is 2.27. The van der Waals surface area contributed by atoms with Crippen LogP contribution in [0.4, 0.5) is 0 Å². The lowest BCUT2D eigenvalue weighted by molar-refractivity contribution is -0.122. The highest BCUT2D eigenvalue weighted by atomic mass is 16.2. The maximum absolute atomic E-state index is 12.7. The van der Waals surface area contributed by atoms with Gasteiger partial charge in [-0.2, -0.15) is 0 Å². The van der Waals surface area contributed by atoms with Gasteiger partial charge < -0.3 is 9.88 Å². The monoisotopic (exact) mass is 380 g/mol. The molecule has 0 spiro atoms. The summed E-state index contributed by atoms with van der Waals surface area (Å²) < 4.78 is 4.75. The fourth-order valence-corrected chi connectivity index (χ4v) is 3.48. The number of aryl methyl sites for hydroxylation is 1. The Morgan fingerprint density at radius 2 is 2.04 bits per heavy atom. The van der Waals surface area contributed by atoms with Crippen LogP contribution in [-0.2, 0) is 24.9 Å². The van der Waals surface area contributed by atoms with E-state index >= 15 is 0 Å². The van der Waals surface area contributed by atoms with Crippen molar-refractivity contribution in [2.75, 3.05) is 0 Å². The van der Waals surface area contributed by atoms with E-state index in [-0.39, 0.29) is 24.2 Å². The Hall–Kier alpha value is -3.16. The molecule has 4 rings (SSSR count). The molecule has 1 aliphatic carbocycles. The van der Waals surface area contributed by atoms with Crippen LogP contribution in [0, 0.1) is 5.92 Å². The number of carbonyl (C=O) groups excluding carboxylic acids is 1. The van der Waals surface area contributed by atoms with Crippen LogP contribution in [0.3, 0.4) is 0 Å². The zero-order valence-electron chi connectivity index (χ0n) is 16.1. The van der Waals surface area contributed by atoms with Gasteiger partial charge in [0.15, 0.2) is 5.82 Å². The standard InChI is InChI=1S/C20H24N6O2/c1-3-25-18(15-7-5-4-6-8-15)23-26(20(25)28)13-16(27)22-17(14-9-10-14)19-21-11-12-24(19)2/h4-8,11-12,14,17H,3,9-10,13H2,1-2H3,(H,22,27)/t17-/m1/s1. The molecule has 0 unspecified atom stereocenters. The molecule has 0 saturated heterocycles. The molecule has 0 aliphatic heterocycles. The van der Waals surface area contributed by atoms with E-state index in [0.29, 0.717) is 18.3 Å². The Morgan fingerprint density at radius 1 is 1.29 bits per heavy atom. The van der Waals surface area contributed by atoms with Crippen molar-refractivity contribution in [3.8, 4) is 11.4 Å². The van der Waals surface area contributed by atoms with Crippen LogP contribution >= 0.6 is 0 Å². The molecule has 1 amide bonds. The predicted molar refractivity (Wildman–Crippen MR) is 104 cm³/mol. The van der Waals surface area contributed by atoms with E-state index in [1.165, 1.54) is 4.68 Å². The van der Waals surface area contributed by atoms with Gasteiger partial charge in [0, 0.05) is 31.5 Å². The van der Waals surface area contributed by atoms with Gasteiger partial charge in [-0.3, -0.25) is 9.36 Å². The number of aromatic nitrogens is 5. The summed E-state index contributed by atoms with van der Waals surface area (Å²) in [6.07, 6.45) is 5.74. The summed E-state index contributed by atoms with van der Waals surface area (Å²) in [5, 5.41) is 7.48. The van der Waals surface area contributed by atoms with E-state index in [0.717, 1.165) is 24.2 Å². The number of imidazole rings is 1. The molecule has 28 heavy (non-hydrogen) atoms. The molecule has 1 fully saturated rings. The van der Waals surface area contributed by atoms with Gasteiger partial charge in [0.05, 0.1) is 6.04 Å². The first-order valence-corrected chi connectivity index (χ1v) is 9.58. The fraction of sp³-hybridized carbons (Fsp3) is 0.400. The topological polar surface area (TPSA) is 86.7 Å². The molecular formula is C20H24N6O2. The number of benzene rings is 1. The summed E-state index contributed by atoms with van der Waals surface area (Å²) in [5.74, 6) is 1.58. The highest BCUT2D eigenvalue weighted by Gasteiger charge is 2.35. The SMILES string of the molecule is CCn1c(-c2ccccc2)nn(CC(=O)N[C@@H](c2nccn2C)C2CC2)c1=O. The number of amides is 1. The average Bonchev–Trinajstić information content (AvgIpc) is 3.39. The molecule has 146 valence electrons. The van der Waals surface area contributed by atoms with Crippen molar-refractivity contribution in [2.24, 2.45) is 13.0 Å². The average molecular weight is 380 g/mol. The zero-order valence-corrected chi connectivity index (χ0v) is 16.1. The molecule has 0 radical (unpaired) electrons. The normalized spacial score (nSPS) is 14.8. The molecule has 3 aromatic rings. The summed E-state index contributed by atoms with van der Waals surface area (Å²) in [5.41, 5.74) is 0.570.